The van der Waals surface area contributed by atoms with Gasteiger partial charge in [0.05, 0.1) is 0 Å². The summed E-state index contributed by atoms with van der Waals surface area (Å²) in [5.41, 5.74) is 2.53. The first-order valence-electron chi connectivity index (χ1n) is 9.20. The zero-order valence-corrected chi connectivity index (χ0v) is 18.4. The Hall–Kier alpha value is -2.94. The fraction of sp³-hybridized carbons (Fsp3) is 0.0455. The fourth-order valence-electron chi connectivity index (χ4n) is 2.72. The summed E-state index contributed by atoms with van der Waals surface area (Å²) in [7, 11) is 0. The second-order valence-electron chi connectivity index (χ2n) is 6.41. The number of aromatic nitrogens is 2. The highest BCUT2D eigenvalue weighted by Crippen LogP contribution is 2.35. The molecule has 1 heterocycles. The average Bonchev–Trinajstić information content (AvgIpc) is 3.21. The summed E-state index contributed by atoms with van der Waals surface area (Å²) in [6, 6.07) is 20.8. The van der Waals surface area contributed by atoms with Crippen LogP contribution in [0.1, 0.15) is 5.56 Å². The lowest BCUT2D eigenvalue weighted by Gasteiger charge is -2.07. The van der Waals surface area contributed by atoms with Gasteiger partial charge in [-0.05, 0) is 42.0 Å². The number of anilines is 2. The van der Waals surface area contributed by atoms with Crippen LogP contribution >= 0.6 is 34.7 Å². The van der Waals surface area contributed by atoms with Crippen LogP contribution in [-0.2, 0) is 5.75 Å². The maximum Gasteiger partial charge on any atom is 0.325 e. The minimum Gasteiger partial charge on any atom is -0.308 e. The Bertz CT molecular complexity index is 1200. The van der Waals surface area contributed by atoms with Gasteiger partial charge in [-0.1, -0.05) is 59.3 Å². The number of benzene rings is 3. The third-order valence-electron chi connectivity index (χ3n) is 4.15. The predicted molar refractivity (Wildman–Crippen MR) is 125 cm³/mol. The smallest absolute Gasteiger partial charge is 0.308 e. The first-order valence-corrected chi connectivity index (χ1v) is 11.4. The maximum atomic E-state index is 13.1. The van der Waals surface area contributed by atoms with E-state index in [1.807, 2.05) is 24.3 Å². The van der Waals surface area contributed by atoms with Crippen LogP contribution in [0.2, 0.25) is 5.02 Å². The molecule has 5 nitrogen and oxygen atoms in total. The van der Waals surface area contributed by atoms with Crippen LogP contribution in [0.25, 0.3) is 10.6 Å². The Morgan fingerprint density at radius 2 is 1.81 bits per heavy atom. The van der Waals surface area contributed by atoms with Crippen LogP contribution in [0.5, 0.6) is 0 Å². The number of thioether (sulfide) groups is 1. The molecule has 0 unspecified atom stereocenters. The Labute approximate surface area is 191 Å². The van der Waals surface area contributed by atoms with E-state index in [1.54, 1.807) is 48.2 Å². The number of hydrogen-bond acceptors (Lipinski definition) is 5. The molecular weight excluding hydrogens is 455 g/mol. The highest BCUT2D eigenvalue weighted by molar-refractivity contribution is 7.98. The minimum atomic E-state index is -0.427. The molecule has 0 atom stereocenters. The van der Waals surface area contributed by atoms with Gasteiger partial charge in [0.15, 0.2) is 5.01 Å². The molecule has 0 spiro atoms. The van der Waals surface area contributed by atoms with Gasteiger partial charge in [-0.2, -0.15) is 0 Å². The molecule has 4 rings (SSSR count). The lowest BCUT2D eigenvalue weighted by Crippen LogP contribution is -2.19. The topological polar surface area (TPSA) is 66.9 Å². The van der Waals surface area contributed by atoms with Gasteiger partial charge in [-0.15, -0.1) is 22.0 Å². The normalized spacial score (nSPS) is 10.6. The van der Waals surface area contributed by atoms with E-state index >= 15 is 0 Å². The molecule has 4 aromatic rings. The van der Waals surface area contributed by atoms with Crippen molar-refractivity contribution in [1.82, 2.24) is 10.2 Å². The van der Waals surface area contributed by atoms with Gasteiger partial charge in [0.25, 0.3) is 0 Å². The Balaban J connectivity index is 1.43. The van der Waals surface area contributed by atoms with Crippen LogP contribution < -0.4 is 10.6 Å². The van der Waals surface area contributed by atoms with E-state index in [1.165, 1.54) is 23.5 Å². The van der Waals surface area contributed by atoms with Gasteiger partial charge in [-0.3, -0.25) is 5.32 Å². The first-order chi connectivity index (χ1) is 15.1. The molecule has 0 fully saturated rings. The van der Waals surface area contributed by atoms with Gasteiger partial charge in [0, 0.05) is 26.9 Å². The number of urea groups is 1. The van der Waals surface area contributed by atoms with E-state index in [0.29, 0.717) is 26.6 Å². The van der Waals surface area contributed by atoms with Crippen LogP contribution in [0.4, 0.5) is 20.0 Å². The largest absolute Gasteiger partial charge is 0.325 e. The highest BCUT2D eigenvalue weighted by Gasteiger charge is 2.13. The number of amides is 2. The Morgan fingerprint density at radius 1 is 1.00 bits per heavy atom. The molecule has 2 amide bonds. The van der Waals surface area contributed by atoms with Crippen LogP contribution in [0.15, 0.2) is 77.7 Å². The number of hydrogen-bond donors (Lipinski definition) is 2. The summed E-state index contributed by atoms with van der Waals surface area (Å²) in [6.45, 7) is 0. The molecule has 31 heavy (non-hydrogen) atoms. The lowest BCUT2D eigenvalue weighted by molar-refractivity contribution is 0.262. The van der Waals surface area contributed by atoms with Crippen molar-refractivity contribution in [2.75, 3.05) is 10.6 Å². The lowest BCUT2D eigenvalue weighted by atomic mass is 10.2. The molecular formula is C22H16ClFN4OS2. The minimum absolute atomic E-state index is 0.248. The van der Waals surface area contributed by atoms with Crippen molar-refractivity contribution in [3.8, 4) is 10.6 Å². The summed E-state index contributed by atoms with van der Waals surface area (Å²) in [6.07, 6.45) is 0. The highest BCUT2D eigenvalue weighted by atomic mass is 35.5. The van der Waals surface area contributed by atoms with Gasteiger partial charge >= 0.3 is 6.03 Å². The summed E-state index contributed by atoms with van der Waals surface area (Å²) in [5.74, 6) is 0.450. The molecule has 9 heteroatoms. The zero-order chi connectivity index (χ0) is 21.6. The molecule has 0 aliphatic carbocycles. The average molecular weight is 471 g/mol. The number of rotatable bonds is 6. The van der Waals surface area contributed by atoms with E-state index in [-0.39, 0.29) is 5.82 Å². The van der Waals surface area contributed by atoms with E-state index < -0.39 is 6.03 Å². The maximum absolute atomic E-state index is 13.1. The summed E-state index contributed by atoms with van der Waals surface area (Å²) in [5, 5.41) is 15.3. The summed E-state index contributed by atoms with van der Waals surface area (Å²) < 4.78 is 13.1. The van der Waals surface area contributed by atoms with Crippen LogP contribution in [0.3, 0.4) is 0 Å². The predicted octanol–water partition coefficient (Wildman–Crippen LogP) is 6.93. The number of nitrogens with zero attached hydrogens (tertiary/aromatic N) is 2. The van der Waals surface area contributed by atoms with Gasteiger partial charge < -0.3 is 5.32 Å². The summed E-state index contributed by atoms with van der Waals surface area (Å²) in [4.78, 5) is 13.3. The van der Waals surface area contributed by atoms with Crippen molar-refractivity contribution in [3.63, 3.8) is 0 Å². The number of carbonyl (C=O) groups excluding carboxylic acids is 1. The number of carbonyl (C=O) groups is 1. The number of nitrogens with one attached hydrogen (secondary N) is 2. The molecule has 0 aliphatic heterocycles. The molecule has 0 bridgehead atoms. The molecule has 3 aromatic carbocycles. The van der Waals surface area contributed by atoms with Gasteiger partial charge in [0.2, 0.25) is 5.13 Å². The Kier molecular flexibility index (Phi) is 6.81. The molecule has 2 N–H and O–H groups in total. The molecule has 156 valence electrons. The van der Waals surface area contributed by atoms with Gasteiger partial charge in [-0.25, -0.2) is 9.18 Å². The van der Waals surface area contributed by atoms with Crippen molar-refractivity contribution in [2.24, 2.45) is 0 Å². The molecule has 0 saturated carbocycles. The molecule has 0 saturated heterocycles. The zero-order valence-electron chi connectivity index (χ0n) is 16.0. The van der Waals surface area contributed by atoms with Crippen molar-refractivity contribution < 1.29 is 9.18 Å². The van der Waals surface area contributed by atoms with Crippen molar-refractivity contribution in [2.45, 2.75) is 10.6 Å². The Morgan fingerprint density at radius 3 is 2.61 bits per heavy atom. The van der Waals surface area contributed by atoms with E-state index in [9.17, 15) is 9.18 Å². The summed E-state index contributed by atoms with van der Waals surface area (Å²) >= 11 is 8.85. The third kappa shape index (κ3) is 5.81. The molecule has 0 aliphatic rings. The van der Waals surface area contributed by atoms with Crippen LogP contribution in [0, 0.1) is 5.82 Å². The quantitative estimate of drug-likeness (QED) is 0.300. The van der Waals surface area contributed by atoms with Crippen LogP contribution in [-0.4, -0.2) is 16.2 Å². The van der Waals surface area contributed by atoms with E-state index in [2.05, 4.69) is 20.8 Å². The fourth-order valence-corrected chi connectivity index (χ4v) is 4.76. The number of halogens is 2. The van der Waals surface area contributed by atoms with Crippen molar-refractivity contribution >= 4 is 51.5 Å². The monoisotopic (exact) mass is 470 g/mol. The molecule has 0 radical (unpaired) electrons. The van der Waals surface area contributed by atoms with E-state index in [0.717, 1.165) is 16.0 Å². The SMILES string of the molecule is O=C(Nc1cccc(Cl)c1)Nc1nnc(-c2ccccc2SCc2ccc(F)cc2)s1. The molecule has 1 aromatic heterocycles. The van der Waals surface area contributed by atoms with E-state index in [4.69, 9.17) is 11.6 Å². The third-order valence-corrected chi connectivity index (χ3v) is 6.40. The second-order valence-corrected chi connectivity index (χ2v) is 8.84. The van der Waals surface area contributed by atoms with Crippen molar-refractivity contribution in [3.05, 3.63) is 89.2 Å². The van der Waals surface area contributed by atoms with Gasteiger partial charge in [0.1, 0.15) is 5.82 Å². The second kappa shape index (κ2) is 9.91. The standard InChI is InChI=1S/C22H16ClFN4OS2/c23-15-4-3-5-17(12-15)25-21(29)26-22-28-27-20(31-22)18-6-1-2-7-19(18)30-13-14-8-10-16(24)11-9-14/h1-12H,13H2,(H2,25,26,28,29). The first kappa shape index (κ1) is 21.3. The van der Waals surface area contributed by atoms with Crippen molar-refractivity contribution in [1.29, 1.82) is 0 Å².